The van der Waals surface area contributed by atoms with Gasteiger partial charge in [-0.3, -0.25) is 10.1 Å². The molecule has 4 heteroatoms. The fraction of sp³-hybridized carbons (Fsp3) is 0.923. The summed E-state index contributed by atoms with van der Waals surface area (Å²) in [6.45, 7) is 8.20. The summed E-state index contributed by atoms with van der Waals surface area (Å²) in [4.78, 5) is 14.0. The van der Waals surface area contributed by atoms with Gasteiger partial charge in [-0.25, -0.2) is 0 Å². The number of carbonyl (C=O) groups excluding carboxylic acids is 1. The molecule has 100 valence electrons. The van der Waals surface area contributed by atoms with Crippen molar-refractivity contribution in [2.24, 2.45) is 5.92 Å². The molecule has 1 fully saturated rings. The van der Waals surface area contributed by atoms with E-state index in [1.807, 2.05) is 13.8 Å². The summed E-state index contributed by atoms with van der Waals surface area (Å²) in [6.07, 6.45) is 2.47. The molecular formula is C13H26N2O2. The second-order valence-corrected chi connectivity index (χ2v) is 5.71. The Morgan fingerprint density at radius 2 is 2.18 bits per heavy atom. The molecule has 1 aliphatic rings. The fourth-order valence-electron chi connectivity index (χ4n) is 2.62. The van der Waals surface area contributed by atoms with Crippen LogP contribution in [0.5, 0.6) is 0 Å². The molecule has 0 aromatic heterocycles. The highest BCUT2D eigenvalue weighted by Crippen LogP contribution is 2.20. The fourth-order valence-corrected chi connectivity index (χ4v) is 2.62. The monoisotopic (exact) mass is 242 g/mol. The van der Waals surface area contributed by atoms with Crippen LogP contribution < -0.4 is 5.32 Å². The van der Waals surface area contributed by atoms with Crippen LogP contribution in [0, 0.1) is 5.92 Å². The molecule has 0 saturated carbocycles. The van der Waals surface area contributed by atoms with E-state index >= 15 is 0 Å². The van der Waals surface area contributed by atoms with Crippen LogP contribution in [0.1, 0.15) is 33.6 Å². The van der Waals surface area contributed by atoms with Crippen molar-refractivity contribution >= 4 is 5.97 Å². The smallest absolute Gasteiger partial charge is 0.325 e. The molecule has 0 radical (unpaired) electrons. The number of carbonyl (C=O) groups is 1. The average molecular weight is 242 g/mol. The summed E-state index contributed by atoms with van der Waals surface area (Å²) in [5.74, 6) is 0.409. The van der Waals surface area contributed by atoms with Gasteiger partial charge in [-0.2, -0.15) is 0 Å². The molecule has 0 amide bonds. The predicted molar refractivity (Wildman–Crippen MR) is 68.9 cm³/mol. The zero-order chi connectivity index (χ0) is 13.1. The molecular weight excluding hydrogens is 216 g/mol. The van der Waals surface area contributed by atoms with Gasteiger partial charge < -0.3 is 9.64 Å². The van der Waals surface area contributed by atoms with E-state index in [1.54, 1.807) is 0 Å². The number of hydrogen-bond acceptors (Lipinski definition) is 4. The lowest BCUT2D eigenvalue weighted by atomic mass is 9.90. The number of piperidine rings is 1. The molecule has 2 atom stereocenters. The van der Waals surface area contributed by atoms with Crippen molar-refractivity contribution in [3.8, 4) is 0 Å². The minimum absolute atomic E-state index is 0.200. The normalized spacial score (nSPS) is 24.4. The summed E-state index contributed by atoms with van der Waals surface area (Å²) < 4.78 is 4.81. The van der Waals surface area contributed by atoms with E-state index in [-0.39, 0.29) is 5.97 Å². The lowest BCUT2D eigenvalue weighted by Crippen LogP contribution is -2.55. The van der Waals surface area contributed by atoms with Crippen molar-refractivity contribution in [3.05, 3.63) is 0 Å². The van der Waals surface area contributed by atoms with E-state index in [9.17, 15) is 4.79 Å². The molecule has 0 bridgehead atoms. The van der Waals surface area contributed by atoms with Crippen LogP contribution in [0.4, 0.5) is 0 Å². The maximum absolute atomic E-state index is 11.6. The van der Waals surface area contributed by atoms with Gasteiger partial charge in [0, 0.05) is 12.6 Å². The van der Waals surface area contributed by atoms with Crippen molar-refractivity contribution in [1.29, 1.82) is 0 Å². The van der Waals surface area contributed by atoms with Crippen molar-refractivity contribution in [3.63, 3.8) is 0 Å². The molecule has 0 aromatic carbocycles. The number of ether oxygens (including phenoxy) is 1. The SMILES string of the molecule is COC(=O)C(C)(C)NC(C)C1CCCN(C)C1. The minimum atomic E-state index is -0.607. The van der Waals surface area contributed by atoms with E-state index < -0.39 is 5.54 Å². The number of rotatable bonds is 4. The minimum Gasteiger partial charge on any atom is -0.468 e. The van der Waals surface area contributed by atoms with Gasteiger partial charge in [-0.15, -0.1) is 0 Å². The van der Waals surface area contributed by atoms with Gasteiger partial charge in [0.25, 0.3) is 0 Å². The number of methoxy groups -OCH3 is 1. The molecule has 1 N–H and O–H groups in total. The number of nitrogens with zero attached hydrogens (tertiary/aromatic N) is 1. The summed E-state index contributed by atoms with van der Waals surface area (Å²) in [6, 6.07) is 0.326. The maximum atomic E-state index is 11.6. The number of likely N-dealkylation sites (tertiary alicyclic amines) is 1. The van der Waals surface area contributed by atoms with E-state index in [2.05, 4.69) is 24.2 Å². The van der Waals surface area contributed by atoms with Gasteiger partial charge in [-0.05, 0) is 53.1 Å². The number of hydrogen-bond donors (Lipinski definition) is 1. The summed E-state index contributed by atoms with van der Waals surface area (Å²) >= 11 is 0. The van der Waals surface area contributed by atoms with Crippen LogP contribution in [0.15, 0.2) is 0 Å². The Bertz CT molecular complexity index is 266. The Hall–Kier alpha value is -0.610. The van der Waals surface area contributed by atoms with Crippen LogP contribution in [-0.2, 0) is 9.53 Å². The summed E-state index contributed by atoms with van der Waals surface area (Å²) in [5.41, 5.74) is -0.607. The zero-order valence-corrected chi connectivity index (χ0v) is 11.7. The molecule has 1 rings (SSSR count). The molecule has 17 heavy (non-hydrogen) atoms. The molecule has 0 spiro atoms. The van der Waals surface area contributed by atoms with Crippen LogP contribution in [0.2, 0.25) is 0 Å². The number of nitrogens with one attached hydrogen (secondary N) is 1. The van der Waals surface area contributed by atoms with Gasteiger partial charge in [-0.1, -0.05) is 0 Å². The van der Waals surface area contributed by atoms with Gasteiger partial charge in [0.15, 0.2) is 0 Å². The Balaban J connectivity index is 2.52. The first kappa shape index (κ1) is 14.5. The second-order valence-electron chi connectivity index (χ2n) is 5.71. The van der Waals surface area contributed by atoms with Gasteiger partial charge in [0.05, 0.1) is 7.11 Å². The van der Waals surface area contributed by atoms with Crippen molar-refractivity contribution in [2.45, 2.75) is 45.2 Å². The molecule has 0 aliphatic carbocycles. The Kier molecular flexibility index (Phi) is 4.95. The van der Waals surface area contributed by atoms with Crippen LogP contribution >= 0.6 is 0 Å². The van der Waals surface area contributed by atoms with Crippen molar-refractivity contribution < 1.29 is 9.53 Å². The predicted octanol–water partition coefficient (Wildman–Crippen LogP) is 1.26. The molecule has 1 aliphatic heterocycles. The molecule has 2 unspecified atom stereocenters. The molecule has 1 saturated heterocycles. The summed E-state index contributed by atoms with van der Waals surface area (Å²) in [5, 5.41) is 3.40. The Morgan fingerprint density at radius 3 is 2.71 bits per heavy atom. The van der Waals surface area contributed by atoms with Crippen molar-refractivity contribution in [2.75, 3.05) is 27.2 Å². The van der Waals surface area contributed by atoms with E-state index in [0.29, 0.717) is 12.0 Å². The average Bonchev–Trinajstić information content (AvgIpc) is 2.27. The third-order valence-electron chi connectivity index (χ3n) is 3.65. The third kappa shape index (κ3) is 3.96. The first-order valence-electron chi connectivity index (χ1n) is 6.41. The van der Waals surface area contributed by atoms with Crippen LogP contribution in [0.3, 0.4) is 0 Å². The van der Waals surface area contributed by atoms with E-state index in [4.69, 9.17) is 4.74 Å². The highest BCUT2D eigenvalue weighted by Gasteiger charge is 2.33. The maximum Gasteiger partial charge on any atom is 0.325 e. The summed E-state index contributed by atoms with van der Waals surface area (Å²) in [7, 11) is 3.59. The zero-order valence-electron chi connectivity index (χ0n) is 11.7. The Labute approximate surface area is 105 Å². The Morgan fingerprint density at radius 1 is 1.53 bits per heavy atom. The molecule has 0 aromatic rings. The first-order chi connectivity index (χ1) is 7.86. The molecule has 1 heterocycles. The first-order valence-corrected chi connectivity index (χ1v) is 6.41. The standard InChI is InChI=1S/C13H26N2O2/c1-10(11-7-6-8-15(4)9-11)14-13(2,3)12(16)17-5/h10-11,14H,6-9H2,1-5H3. The van der Waals surface area contributed by atoms with Crippen LogP contribution in [-0.4, -0.2) is 49.7 Å². The lowest BCUT2D eigenvalue weighted by molar-refractivity contribution is -0.147. The topological polar surface area (TPSA) is 41.6 Å². The van der Waals surface area contributed by atoms with Gasteiger partial charge in [0.1, 0.15) is 5.54 Å². The number of esters is 1. The van der Waals surface area contributed by atoms with E-state index in [0.717, 1.165) is 6.54 Å². The highest BCUT2D eigenvalue weighted by atomic mass is 16.5. The third-order valence-corrected chi connectivity index (χ3v) is 3.65. The highest BCUT2D eigenvalue weighted by molar-refractivity contribution is 5.79. The second kappa shape index (κ2) is 5.83. The largest absolute Gasteiger partial charge is 0.468 e. The molecule has 4 nitrogen and oxygen atoms in total. The quantitative estimate of drug-likeness (QED) is 0.754. The van der Waals surface area contributed by atoms with Gasteiger partial charge in [0.2, 0.25) is 0 Å². The van der Waals surface area contributed by atoms with Crippen LogP contribution in [0.25, 0.3) is 0 Å². The van der Waals surface area contributed by atoms with E-state index in [1.165, 1.54) is 26.5 Å². The van der Waals surface area contributed by atoms with Crippen molar-refractivity contribution in [1.82, 2.24) is 10.2 Å². The van der Waals surface area contributed by atoms with Gasteiger partial charge >= 0.3 is 5.97 Å². The lowest BCUT2D eigenvalue weighted by Gasteiger charge is -2.37.